The third-order valence-electron chi connectivity index (χ3n) is 6.25. The topological polar surface area (TPSA) is 96.7 Å². The smallest absolute Gasteiger partial charge is 0.262 e. The van der Waals surface area contributed by atoms with E-state index in [0.29, 0.717) is 29.9 Å². The lowest BCUT2D eigenvalue weighted by Crippen LogP contribution is -2.27. The van der Waals surface area contributed by atoms with Crippen LogP contribution in [0.25, 0.3) is 5.65 Å². The predicted octanol–water partition coefficient (Wildman–Crippen LogP) is 2.12. The van der Waals surface area contributed by atoms with Crippen molar-refractivity contribution < 1.29 is 13.9 Å². The average Bonchev–Trinajstić information content (AvgIpc) is 3.09. The van der Waals surface area contributed by atoms with Crippen molar-refractivity contribution in [2.24, 2.45) is 17.8 Å². The molecule has 1 amide bonds. The number of nitrogens with zero attached hydrogens (tertiary/aromatic N) is 5. The number of hydrogen-bond donors (Lipinski definition) is 2. The fraction of sp³-hybridized carbons (Fsp3) is 0.455. The van der Waals surface area contributed by atoms with Gasteiger partial charge in [-0.05, 0) is 44.7 Å². The second kappa shape index (κ2) is 8.01. The number of imidazole rings is 1. The van der Waals surface area contributed by atoms with E-state index in [1.165, 1.54) is 12.3 Å². The minimum atomic E-state index is -0.519. The fourth-order valence-electron chi connectivity index (χ4n) is 4.61. The van der Waals surface area contributed by atoms with Crippen LogP contribution >= 0.6 is 0 Å². The molecule has 1 unspecified atom stereocenters. The zero-order chi connectivity index (χ0) is 22.4. The first-order valence-corrected chi connectivity index (χ1v) is 10.8. The standard InChI is InChI=1S/C22H26FN7O2/c1-4-32-21-16(8-25-22(28-21)29(3)11-17-14-6-24-7-15(14)17)20(31)27-13-5-18(23)19-26-12(2)9-30(19)10-13/h5,8-10,14-15,17,24H,4,6-7,11H2,1-3H3,(H,27,31)/t14-,15+,17?. The first-order valence-electron chi connectivity index (χ1n) is 10.8. The quantitative estimate of drug-likeness (QED) is 0.582. The van der Waals surface area contributed by atoms with Crippen molar-refractivity contribution in [3.63, 3.8) is 0 Å². The van der Waals surface area contributed by atoms with Crippen LogP contribution in [0.2, 0.25) is 0 Å². The number of carbonyl (C=O) groups is 1. The lowest BCUT2D eigenvalue weighted by Gasteiger charge is -2.19. The molecule has 1 saturated carbocycles. The van der Waals surface area contributed by atoms with Gasteiger partial charge in [-0.1, -0.05) is 0 Å². The summed E-state index contributed by atoms with van der Waals surface area (Å²) in [5.74, 6) is 1.87. The Morgan fingerprint density at radius 2 is 2.12 bits per heavy atom. The summed E-state index contributed by atoms with van der Waals surface area (Å²) in [6, 6.07) is 1.24. The molecule has 3 aromatic heterocycles. The zero-order valence-corrected chi connectivity index (χ0v) is 18.3. The maximum atomic E-state index is 14.4. The summed E-state index contributed by atoms with van der Waals surface area (Å²) in [6.45, 7) is 7.00. The Bertz CT molecular complexity index is 1170. The molecule has 2 N–H and O–H groups in total. The van der Waals surface area contributed by atoms with Crippen molar-refractivity contribution in [2.75, 3.05) is 43.5 Å². The van der Waals surface area contributed by atoms with Crippen LogP contribution in [-0.2, 0) is 0 Å². The maximum absolute atomic E-state index is 14.4. The monoisotopic (exact) mass is 439 g/mol. The molecule has 0 aromatic carbocycles. The number of pyridine rings is 1. The van der Waals surface area contributed by atoms with Crippen LogP contribution in [0.5, 0.6) is 5.88 Å². The minimum Gasteiger partial charge on any atom is -0.477 e. The van der Waals surface area contributed by atoms with Crippen LogP contribution in [0.3, 0.4) is 0 Å². The van der Waals surface area contributed by atoms with Crippen LogP contribution in [0.4, 0.5) is 16.0 Å². The SMILES string of the molecule is CCOc1nc(N(C)CC2[C@H]3CNC[C@@H]23)ncc1C(=O)Nc1cc(F)c2nc(C)cn2c1. The van der Waals surface area contributed by atoms with Crippen molar-refractivity contribution in [1.29, 1.82) is 0 Å². The molecule has 32 heavy (non-hydrogen) atoms. The molecule has 0 spiro atoms. The molecule has 5 rings (SSSR count). The van der Waals surface area contributed by atoms with Crippen LogP contribution in [-0.4, -0.2) is 58.5 Å². The summed E-state index contributed by atoms with van der Waals surface area (Å²) in [5, 5.41) is 6.11. The Morgan fingerprint density at radius 1 is 1.34 bits per heavy atom. The van der Waals surface area contributed by atoms with Crippen molar-refractivity contribution >= 4 is 23.2 Å². The van der Waals surface area contributed by atoms with Gasteiger partial charge in [-0.3, -0.25) is 4.79 Å². The van der Waals surface area contributed by atoms with E-state index in [4.69, 9.17) is 4.74 Å². The van der Waals surface area contributed by atoms with Gasteiger partial charge in [0.25, 0.3) is 5.91 Å². The van der Waals surface area contributed by atoms with Gasteiger partial charge in [0, 0.05) is 38.2 Å². The Kier molecular flexibility index (Phi) is 5.16. The van der Waals surface area contributed by atoms with E-state index in [9.17, 15) is 9.18 Å². The molecule has 1 saturated heterocycles. The van der Waals surface area contributed by atoms with Gasteiger partial charge in [-0.15, -0.1) is 0 Å². The van der Waals surface area contributed by atoms with E-state index in [0.717, 1.165) is 31.5 Å². The van der Waals surface area contributed by atoms with Crippen LogP contribution < -0.4 is 20.3 Å². The maximum Gasteiger partial charge on any atom is 0.262 e. The second-order valence-electron chi connectivity index (χ2n) is 8.50. The number of nitrogens with one attached hydrogen (secondary N) is 2. The van der Waals surface area contributed by atoms with Gasteiger partial charge in [0.15, 0.2) is 11.5 Å². The highest BCUT2D eigenvalue weighted by molar-refractivity contribution is 6.05. The van der Waals surface area contributed by atoms with E-state index in [1.807, 2.05) is 18.9 Å². The number of ether oxygens (including phenoxy) is 1. The van der Waals surface area contributed by atoms with E-state index in [1.54, 1.807) is 23.7 Å². The number of halogens is 1. The van der Waals surface area contributed by atoms with Gasteiger partial charge < -0.3 is 24.7 Å². The highest BCUT2D eigenvalue weighted by Gasteiger charge is 2.52. The molecule has 2 aliphatic rings. The van der Waals surface area contributed by atoms with E-state index in [-0.39, 0.29) is 17.1 Å². The number of hydrogen-bond acceptors (Lipinski definition) is 7. The minimum absolute atomic E-state index is 0.193. The Balaban J connectivity index is 1.34. The molecule has 168 valence electrons. The Hall–Kier alpha value is -3.27. The van der Waals surface area contributed by atoms with Gasteiger partial charge >= 0.3 is 0 Å². The number of rotatable bonds is 7. The third-order valence-corrected chi connectivity index (χ3v) is 6.25. The summed E-state index contributed by atoms with van der Waals surface area (Å²) >= 11 is 0. The molecule has 2 fully saturated rings. The van der Waals surface area contributed by atoms with E-state index >= 15 is 0 Å². The molecule has 1 aliphatic carbocycles. The number of amides is 1. The summed E-state index contributed by atoms with van der Waals surface area (Å²) < 4.78 is 21.5. The second-order valence-corrected chi connectivity index (χ2v) is 8.50. The van der Waals surface area contributed by atoms with Crippen molar-refractivity contribution in [1.82, 2.24) is 24.7 Å². The van der Waals surface area contributed by atoms with Gasteiger partial charge in [0.1, 0.15) is 5.56 Å². The molecule has 0 radical (unpaired) electrons. The normalized spacial score (nSPS) is 21.4. The molecule has 0 bridgehead atoms. The molecule has 9 nitrogen and oxygen atoms in total. The summed E-state index contributed by atoms with van der Waals surface area (Å²) in [4.78, 5) is 28.0. The van der Waals surface area contributed by atoms with Gasteiger partial charge in [0.05, 0.1) is 18.0 Å². The molecular formula is C22H26FN7O2. The highest BCUT2D eigenvalue weighted by atomic mass is 19.1. The number of anilines is 2. The average molecular weight is 439 g/mol. The lowest BCUT2D eigenvalue weighted by molar-refractivity contribution is 0.102. The molecule has 1 aliphatic heterocycles. The predicted molar refractivity (Wildman–Crippen MR) is 118 cm³/mol. The van der Waals surface area contributed by atoms with Crippen LogP contribution in [0.15, 0.2) is 24.7 Å². The molecule has 3 aromatic rings. The Labute approximate surface area is 185 Å². The summed E-state index contributed by atoms with van der Waals surface area (Å²) in [5.41, 5.74) is 1.39. The van der Waals surface area contributed by atoms with Gasteiger partial charge in [-0.25, -0.2) is 14.4 Å². The number of fused-ring (bicyclic) bond motifs is 2. The summed E-state index contributed by atoms with van der Waals surface area (Å²) in [7, 11) is 1.96. The highest BCUT2D eigenvalue weighted by Crippen LogP contribution is 2.49. The fourth-order valence-corrected chi connectivity index (χ4v) is 4.61. The Morgan fingerprint density at radius 3 is 2.88 bits per heavy atom. The first kappa shape index (κ1) is 20.6. The van der Waals surface area contributed by atoms with E-state index in [2.05, 4.69) is 25.6 Å². The van der Waals surface area contributed by atoms with Crippen LogP contribution in [0.1, 0.15) is 23.0 Å². The van der Waals surface area contributed by atoms with Crippen molar-refractivity contribution in [3.8, 4) is 5.88 Å². The number of carbonyl (C=O) groups excluding carboxylic acids is 1. The number of aryl methyl sites for hydroxylation is 1. The van der Waals surface area contributed by atoms with Gasteiger partial charge in [0.2, 0.25) is 11.8 Å². The molecule has 3 atom stereocenters. The molecule has 10 heteroatoms. The largest absolute Gasteiger partial charge is 0.477 e. The van der Waals surface area contributed by atoms with Gasteiger partial charge in [-0.2, -0.15) is 4.98 Å². The molecular weight excluding hydrogens is 413 g/mol. The van der Waals surface area contributed by atoms with E-state index < -0.39 is 11.7 Å². The first-order chi connectivity index (χ1) is 15.4. The van der Waals surface area contributed by atoms with Crippen LogP contribution in [0, 0.1) is 30.5 Å². The lowest BCUT2D eigenvalue weighted by atomic mass is 10.2. The molecule has 4 heterocycles. The van der Waals surface area contributed by atoms with Crippen molar-refractivity contribution in [2.45, 2.75) is 13.8 Å². The van der Waals surface area contributed by atoms with Crippen molar-refractivity contribution in [3.05, 3.63) is 41.7 Å². The number of aromatic nitrogens is 4. The number of piperidine rings is 1. The third kappa shape index (κ3) is 3.75. The zero-order valence-electron chi connectivity index (χ0n) is 18.3. The summed E-state index contributed by atoms with van der Waals surface area (Å²) in [6.07, 6.45) is 4.77.